The number of urea groups is 1. The second kappa shape index (κ2) is 10.5. The summed E-state index contributed by atoms with van der Waals surface area (Å²) in [7, 11) is 0. The molecule has 9 heteroatoms. The van der Waals surface area contributed by atoms with E-state index in [-0.39, 0.29) is 22.5 Å². The molecular weight excluding hydrogens is 419 g/mol. The molecule has 160 valence electrons. The van der Waals surface area contributed by atoms with Crippen LogP contribution in [-0.4, -0.2) is 35.3 Å². The van der Waals surface area contributed by atoms with Crippen molar-refractivity contribution in [3.8, 4) is 0 Å². The van der Waals surface area contributed by atoms with E-state index < -0.39 is 17.8 Å². The van der Waals surface area contributed by atoms with Crippen LogP contribution < -0.4 is 15.5 Å². The van der Waals surface area contributed by atoms with Gasteiger partial charge in [-0.1, -0.05) is 49.0 Å². The zero-order valence-corrected chi connectivity index (χ0v) is 17.6. The van der Waals surface area contributed by atoms with Crippen molar-refractivity contribution < 1.29 is 18.8 Å². The predicted octanol–water partition coefficient (Wildman–Crippen LogP) is 3.54. The van der Waals surface area contributed by atoms with Crippen LogP contribution in [0.25, 0.3) is 6.08 Å². The van der Waals surface area contributed by atoms with Crippen molar-refractivity contribution in [2.45, 2.75) is 13.3 Å². The second-order valence-corrected chi connectivity index (χ2v) is 7.49. The molecule has 0 bridgehead atoms. The zero-order chi connectivity index (χ0) is 22.2. The van der Waals surface area contributed by atoms with E-state index in [0.29, 0.717) is 12.2 Å². The van der Waals surface area contributed by atoms with Crippen LogP contribution in [-0.2, 0) is 9.59 Å². The Morgan fingerprint density at radius 3 is 2.52 bits per heavy atom. The quantitative estimate of drug-likeness (QED) is 0.673. The molecule has 1 aliphatic heterocycles. The van der Waals surface area contributed by atoms with Crippen LogP contribution in [0.1, 0.15) is 18.9 Å². The number of carbonyl (C=O) groups is 3. The summed E-state index contributed by atoms with van der Waals surface area (Å²) in [6.45, 7) is 2.36. The summed E-state index contributed by atoms with van der Waals surface area (Å²) < 4.78 is 13.4. The summed E-state index contributed by atoms with van der Waals surface area (Å²) in [6.07, 6.45) is 2.39. The van der Waals surface area contributed by atoms with E-state index >= 15 is 0 Å². The van der Waals surface area contributed by atoms with E-state index in [9.17, 15) is 18.8 Å². The van der Waals surface area contributed by atoms with E-state index in [0.717, 1.165) is 23.7 Å². The fourth-order valence-electron chi connectivity index (χ4n) is 2.69. The number of thioether (sulfide) groups is 1. The number of aliphatic imine (C=N–C) groups is 1. The first-order valence-corrected chi connectivity index (χ1v) is 10.6. The maximum absolute atomic E-state index is 13.4. The van der Waals surface area contributed by atoms with Crippen molar-refractivity contribution in [3.63, 3.8) is 0 Å². The molecule has 2 aromatic rings. The molecule has 0 saturated heterocycles. The van der Waals surface area contributed by atoms with Crippen LogP contribution in [0.2, 0.25) is 0 Å². The van der Waals surface area contributed by atoms with Crippen molar-refractivity contribution >= 4 is 46.5 Å². The Bertz CT molecular complexity index is 1020. The molecule has 0 spiro atoms. The molecule has 31 heavy (non-hydrogen) atoms. The van der Waals surface area contributed by atoms with Gasteiger partial charge in [0.1, 0.15) is 11.5 Å². The number of benzene rings is 2. The number of amidine groups is 1. The van der Waals surface area contributed by atoms with Gasteiger partial charge in [0.05, 0.1) is 11.4 Å². The highest BCUT2D eigenvalue weighted by Gasteiger charge is 2.32. The van der Waals surface area contributed by atoms with Gasteiger partial charge in [0.15, 0.2) is 5.17 Å². The number of imide groups is 1. The van der Waals surface area contributed by atoms with Crippen LogP contribution in [0.3, 0.4) is 0 Å². The van der Waals surface area contributed by atoms with E-state index in [1.54, 1.807) is 6.08 Å². The van der Waals surface area contributed by atoms with Crippen molar-refractivity contribution in [2.24, 2.45) is 4.99 Å². The van der Waals surface area contributed by atoms with Crippen molar-refractivity contribution in [2.75, 3.05) is 17.2 Å². The Morgan fingerprint density at radius 1 is 1.13 bits per heavy atom. The maximum atomic E-state index is 13.4. The number of hydrogen-bond donors (Lipinski definition) is 2. The minimum atomic E-state index is -0.572. The van der Waals surface area contributed by atoms with Crippen LogP contribution >= 0.6 is 11.8 Å². The molecule has 0 saturated carbocycles. The first-order valence-electron chi connectivity index (χ1n) is 9.64. The standard InChI is InChI=1S/C22H21FN4O3S/c1-2-12-24-21(30)26-19(28)14-31-22-25-18(13-15-6-4-3-5-7-15)20(29)27(22)17-10-8-16(23)9-11-17/h3-11,13H,2,12,14H2,1H3,(H2,24,26,28,30). The van der Waals surface area contributed by atoms with Crippen molar-refractivity contribution in [3.05, 3.63) is 71.7 Å². The lowest BCUT2D eigenvalue weighted by Gasteiger charge is -2.17. The Balaban J connectivity index is 1.79. The average Bonchev–Trinajstić information content (AvgIpc) is 3.07. The molecule has 0 unspecified atom stereocenters. The van der Waals surface area contributed by atoms with Crippen LogP contribution in [0.15, 0.2) is 65.3 Å². The third-order valence-electron chi connectivity index (χ3n) is 4.14. The second-order valence-electron chi connectivity index (χ2n) is 6.54. The molecule has 0 radical (unpaired) electrons. The zero-order valence-electron chi connectivity index (χ0n) is 16.8. The van der Waals surface area contributed by atoms with Gasteiger partial charge >= 0.3 is 6.03 Å². The molecule has 1 aliphatic rings. The number of amides is 4. The lowest BCUT2D eigenvalue weighted by Crippen LogP contribution is -2.41. The van der Waals surface area contributed by atoms with Gasteiger partial charge in [-0.15, -0.1) is 0 Å². The highest BCUT2D eigenvalue weighted by Crippen LogP contribution is 2.29. The number of nitrogens with zero attached hydrogens (tertiary/aromatic N) is 2. The van der Waals surface area contributed by atoms with Crippen LogP contribution in [0.5, 0.6) is 0 Å². The first kappa shape index (κ1) is 22.2. The molecule has 0 aliphatic carbocycles. The first-order chi connectivity index (χ1) is 15.0. The largest absolute Gasteiger partial charge is 0.338 e. The molecule has 4 amide bonds. The molecule has 0 atom stereocenters. The highest BCUT2D eigenvalue weighted by atomic mass is 32.2. The highest BCUT2D eigenvalue weighted by molar-refractivity contribution is 8.14. The summed E-state index contributed by atoms with van der Waals surface area (Å²) in [5.74, 6) is -1.46. The molecule has 2 N–H and O–H groups in total. The minimum absolute atomic E-state index is 0.123. The minimum Gasteiger partial charge on any atom is -0.338 e. The Kier molecular flexibility index (Phi) is 7.55. The van der Waals surface area contributed by atoms with Crippen molar-refractivity contribution in [1.82, 2.24) is 10.6 Å². The van der Waals surface area contributed by atoms with Gasteiger partial charge in [-0.05, 0) is 42.3 Å². The summed E-state index contributed by atoms with van der Waals surface area (Å²) in [5.41, 5.74) is 1.42. The predicted molar refractivity (Wildman–Crippen MR) is 120 cm³/mol. The Labute approximate surface area is 183 Å². The van der Waals surface area contributed by atoms with Crippen LogP contribution in [0.4, 0.5) is 14.9 Å². The Hall–Kier alpha value is -3.46. The van der Waals surface area contributed by atoms with Gasteiger partial charge in [0.2, 0.25) is 5.91 Å². The van der Waals surface area contributed by atoms with Gasteiger partial charge in [0, 0.05) is 6.54 Å². The van der Waals surface area contributed by atoms with Gasteiger partial charge in [-0.25, -0.2) is 14.2 Å². The van der Waals surface area contributed by atoms with E-state index in [1.165, 1.54) is 29.2 Å². The fraction of sp³-hybridized carbons (Fsp3) is 0.182. The van der Waals surface area contributed by atoms with E-state index in [2.05, 4.69) is 15.6 Å². The maximum Gasteiger partial charge on any atom is 0.321 e. The van der Waals surface area contributed by atoms with E-state index in [1.807, 2.05) is 37.3 Å². The normalized spacial score (nSPS) is 14.5. The Morgan fingerprint density at radius 2 is 1.84 bits per heavy atom. The third kappa shape index (κ3) is 6.02. The van der Waals surface area contributed by atoms with Gasteiger partial charge in [0.25, 0.3) is 5.91 Å². The number of rotatable bonds is 6. The molecule has 7 nitrogen and oxygen atoms in total. The number of carbonyl (C=O) groups excluding carboxylic acids is 3. The van der Waals surface area contributed by atoms with Crippen LogP contribution in [0, 0.1) is 5.82 Å². The van der Waals surface area contributed by atoms with Gasteiger partial charge in [-0.3, -0.25) is 19.8 Å². The van der Waals surface area contributed by atoms with Crippen molar-refractivity contribution in [1.29, 1.82) is 0 Å². The molecule has 1 heterocycles. The molecule has 0 fully saturated rings. The summed E-state index contributed by atoms with van der Waals surface area (Å²) in [6, 6.07) is 14.1. The number of nitrogens with one attached hydrogen (secondary N) is 2. The number of halogens is 1. The smallest absolute Gasteiger partial charge is 0.321 e. The summed E-state index contributed by atoms with van der Waals surface area (Å²) in [5, 5.41) is 5.05. The molecular formula is C22H21FN4O3S. The average molecular weight is 441 g/mol. The SMILES string of the molecule is CCCNC(=O)NC(=O)CSC1=NC(=Cc2ccccc2)C(=O)N1c1ccc(F)cc1. The van der Waals surface area contributed by atoms with Gasteiger partial charge in [-0.2, -0.15) is 0 Å². The number of hydrogen-bond acceptors (Lipinski definition) is 5. The molecule has 0 aromatic heterocycles. The fourth-order valence-corrected chi connectivity index (χ4v) is 3.51. The summed E-state index contributed by atoms with van der Waals surface area (Å²) >= 11 is 1.01. The molecule has 2 aromatic carbocycles. The molecule has 3 rings (SSSR count). The summed E-state index contributed by atoms with van der Waals surface area (Å²) in [4.78, 5) is 42.5. The van der Waals surface area contributed by atoms with E-state index in [4.69, 9.17) is 0 Å². The van der Waals surface area contributed by atoms with Gasteiger partial charge < -0.3 is 5.32 Å². The number of anilines is 1. The lowest BCUT2D eigenvalue weighted by atomic mass is 10.2. The monoisotopic (exact) mass is 440 g/mol. The topological polar surface area (TPSA) is 90.9 Å². The lowest BCUT2D eigenvalue weighted by molar-refractivity contribution is -0.117. The third-order valence-corrected chi connectivity index (χ3v) is 5.08.